The number of carbonyl (C=O) groups excluding carboxylic acids is 3. The van der Waals surface area contributed by atoms with Gasteiger partial charge in [0.2, 0.25) is 17.7 Å². The summed E-state index contributed by atoms with van der Waals surface area (Å²) in [5, 5.41) is 16.4. The van der Waals surface area contributed by atoms with Crippen LogP contribution in [-0.4, -0.2) is 65.5 Å². The zero-order valence-electron chi connectivity index (χ0n) is 17.3. The Morgan fingerprint density at radius 1 is 1.04 bits per heavy atom. The molecule has 0 saturated carbocycles. The number of carboxylic acid groups (broad SMARTS) is 1. The number of nitrogens with one attached hydrogen (secondary N) is 3. The van der Waals surface area contributed by atoms with Crippen LogP contribution in [0.3, 0.4) is 0 Å². The summed E-state index contributed by atoms with van der Waals surface area (Å²) in [6.45, 7) is 6.82. The first-order valence-electron chi connectivity index (χ1n) is 9.39. The average Bonchev–Trinajstić information content (AvgIpc) is 2.65. The van der Waals surface area contributed by atoms with Gasteiger partial charge in [-0.25, -0.2) is 0 Å². The highest BCUT2D eigenvalue weighted by Gasteiger charge is 2.31. The lowest BCUT2D eigenvalue weighted by Crippen LogP contribution is -2.58. The molecule has 0 fully saturated rings. The number of amides is 3. The average molecular weight is 419 g/mol. The molecule has 0 aromatic carbocycles. The minimum Gasteiger partial charge on any atom is -0.480 e. The van der Waals surface area contributed by atoms with Gasteiger partial charge in [0.15, 0.2) is 0 Å². The molecular weight excluding hydrogens is 384 g/mol. The van der Waals surface area contributed by atoms with E-state index in [0.717, 1.165) is 0 Å². The second-order valence-electron chi connectivity index (χ2n) is 7.10. The number of hydrogen-bond acceptors (Lipinski definition) is 6. The van der Waals surface area contributed by atoms with Gasteiger partial charge in [0.1, 0.15) is 18.6 Å². The second-order valence-corrected chi connectivity index (χ2v) is 8.08. The maximum absolute atomic E-state index is 12.8. The Morgan fingerprint density at radius 3 is 2.11 bits per heavy atom. The van der Waals surface area contributed by atoms with Crippen LogP contribution in [0.5, 0.6) is 0 Å². The number of hydrogen-bond donors (Lipinski definition) is 5. The SMILES string of the molecule is CCC(C)C(NC(=O)C(N)C(C)C)C(=O)NC(CCSC)C(=O)NCC(=O)O. The van der Waals surface area contributed by atoms with E-state index < -0.39 is 48.4 Å². The third-order valence-corrected chi connectivity index (χ3v) is 5.12. The lowest BCUT2D eigenvalue weighted by atomic mass is 9.96. The van der Waals surface area contributed by atoms with Gasteiger partial charge < -0.3 is 26.8 Å². The van der Waals surface area contributed by atoms with Crippen molar-refractivity contribution in [2.24, 2.45) is 17.6 Å². The highest BCUT2D eigenvalue weighted by atomic mass is 32.2. The summed E-state index contributed by atoms with van der Waals surface area (Å²) < 4.78 is 0. The second kappa shape index (κ2) is 13.4. The summed E-state index contributed by atoms with van der Waals surface area (Å²) in [5.41, 5.74) is 5.87. The molecule has 10 heteroatoms. The zero-order valence-corrected chi connectivity index (χ0v) is 18.1. The number of thioether (sulfide) groups is 1. The van der Waals surface area contributed by atoms with Crippen LogP contribution in [0, 0.1) is 11.8 Å². The first-order chi connectivity index (χ1) is 13.0. The Morgan fingerprint density at radius 2 is 1.64 bits per heavy atom. The molecule has 0 heterocycles. The van der Waals surface area contributed by atoms with Crippen molar-refractivity contribution in [1.82, 2.24) is 16.0 Å². The first kappa shape index (κ1) is 26.2. The van der Waals surface area contributed by atoms with Crippen molar-refractivity contribution in [2.45, 2.75) is 58.7 Å². The number of nitrogens with two attached hydrogens (primary N) is 1. The van der Waals surface area contributed by atoms with Crippen LogP contribution in [-0.2, 0) is 19.2 Å². The van der Waals surface area contributed by atoms with E-state index in [1.54, 1.807) is 0 Å². The Bertz CT molecular complexity index is 544. The minimum atomic E-state index is -1.17. The molecule has 0 rings (SSSR count). The van der Waals surface area contributed by atoms with Crippen molar-refractivity contribution in [3.05, 3.63) is 0 Å². The van der Waals surface area contributed by atoms with E-state index in [4.69, 9.17) is 10.8 Å². The maximum Gasteiger partial charge on any atom is 0.322 e. The molecular formula is C18H34N4O5S. The van der Waals surface area contributed by atoms with Gasteiger partial charge in [-0.15, -0.1) is 0 Å². The molecule has 0 radical (unpaired) electrons. The smallest absolute Gasteiger partial charge is 0.322 e. The monoisotopic (exact) mass is 418 g/mol. The molecule has 9 nitrogen and oxygen atoms in total. The fourth-order valence-electron chi connectivity index (χ4n) is 2.31. The van der Waals surface area contributed by atoms with E-state index in [1.165, 1.54) is 11.8 Å². The van der Waals surface area contributed by atoms with Crippen LogP contribution in [0.4, 0.5) is 0 Å². The molecule has 162 valence electrons. The first-order valence-corrected chi connectivity index (χ1v) is 10.8. The molecule has 0 bridgehead atoms. The molecule has 0 saturated heterocycles. The Hall–Kier alpha value is -1.81. The number of carbonyl (C=O) groups is 4. The summed E-state index contributed by atoms with van der Waals surface area (Å²) >= 11 is 1.50. The minimum absolute atomic E-state index is 0.0863. The van der Waals surface area contributed by atoms with Crippen LogP contribution in [0.15, 0.2) is 0 Å². The van der Waals surface area contributed by atoms with Crippen LogP contribution < -0.4 is 21.7 Å². The van der Waals surface area contributed by atoms with E-state index in [1.807, 2.05) is 34.0 Å². The Kier molecular flexibility index (Phi) is 12.5. The van der Waals surface area contributed by atoms with E-state index in [2.05, 4.69) is 16.0 Å². The fourth-order valence-corrected chi connectivity index (χ4v) is 2.78. The van der Waals surface area contributed by atoms with E-state index in [-0.39, 0.29) is 11.8 Å². The van der Waals surface area contributed by atoms with Crippen molar-refractivity contribution in [3.63, 3.8) is 0 Å². The van der Waals surface area contributed by atoms with Gasteiger partial charge in [-0.05, 0) is 30.3 Å². The normalized spacial score (nSPS) is 15.2. The topological polar surface area (TPSA) is 151 Å². The molecule has 0 aromatic heterocycles. The van der Waals surface area contributed by atoms with Crippen molar-refractivity contribution < 1.29 is 24.3 Å². The van der Waals surface area contributed by atoms with Crippen LogP contribution >= 0.6 is 11.8 Å². The summed E-state index contributed by atoms with van der Waals surface area (Å²) in [7, 11) is 0. The van der Waals surface area contributed by atoms with Gasteiger partial charge in [0.25, 0.3) is 0 Å². The van der Waals surface area contributed by atoms with Gasteiger partial charge in [-0.1, -0.05) is 34.1 Å². The quantitative estimate of drug-likeness (QED) is 0.281. The van der Waals surface area contributed by atoms with Crippen LogP contribution in [0.2, 0.25) is 0 Å². The predicted molar refractivity (Wildman–Crippen MR) is 110 cm³/mol. The van der Waals surface area contributed by atoms with Crippen LogP contribution in [0.25, 0.3) is 0 Å². The van der Waals surface area contributed by atoms with Crippen molar-refractivity contribution in [2.75, 3.05) is 18.6 Å². The Labute approximate surface area is 170 Å². The molecule has 0 aromatic rings. The highest BCUT2D eigenvalue weighted by molar-refractivity contribution is 7.98. The fraction of sp³-hybridized carbons (Fsp3) is 0.778. The molecule has 0 aliphatic heterocycles. The van der Waals surface area contributed by atoms with E-state index in [0.29, 0.717) is 18.6 Å². The lowest BCUT2D eigenvalue weighted by Gasteiger charge is -2.28. The van der Waals surface area contributed by atoms with Crippen LogP contribution in [0.1, 0.15) is 40.5 Å². The Balaban J connectivity index is 5.25. The third-order valence-electron chi connectivity index (χ3n) is 4.47. The molecule has 6 N–H and O–H groups in total. The predicted octanol–water partition coefficient (Wildman–Crippen LogP) is -0.0607. The van der Waals surface area contributed by atoms with Gasteiger partial charge >= 0.3 is 5.97 Å². The molecule has 0 aliphatic carbocycles. The number of carboxylic acids is 1. The molecule has 4 unspecified atom stereocenters. The summed E-state index contributed by atoms with van der Waals surface area (Å²) in [6.07, 6.45) is 2.84. The molecule has 0 spiro atoms. The lowest BCUT2D eigenvalue weighted by molar-refractivity contribution is -0.138. The van der Waals surface area contributed by atoms with Gasteiger partial charge in [0, 0.05) is 0 Å². The third kappa shape index (κ3) is 9.41. The van der Waals surface area contributed by atoms with Gasteiger partial charge in [-0.2, -0.15) is 11.8 Å². The van der Waals surface area contributed by atoms with E-state index >= 15 is 0 Å². The van der Waals surface area contributed by atoms with Crippen molar-refractivity contribution >= 4 is 35.5 Å². The molecule has 4 atom stereocenters. The summed E-state index contributed by atoms with van der Waals surface area (Å²) in [5.74, 6) is -2.32. The van der Waals surface area contributed by atoms with Crippen molar-refractivity contribution in [3.8, 4) is 0 Å². The highest BCUT2D eigenvalue weighted by Crippen LogP contribution is 2.11. The van der Waals surface area contributed by atoms with E-state index in [9.17, 15) is 19.2 Å². The molecule has 28 heavy (non-hydrogen) atoms. The van der Waals surface area contributed by atoms with Gasteiger partial charge in [0.05, 0.1) is 6.04 Å². The number of rotatable bonds is 13. The maximum atomic E-state index is 12.8. The van der Waals surface area contributed by atoms with Gasteiger partial charge in [-0.3, -0.25) is 19.2 Å². The zero-order chi connectivity index (χ0) is 21.9. The largest absolute Gasteiger partial charge is 0.480 e. The summed E-state index contributed by atoms with van der Waals surface area (Å²) in [6, 6.07) is -2.47. The molecule has 0 aliphatic rings. The number of aliphatic carboxylic acids is 1. The molecule has 3 amide bonds. The summed E-state index contributed by atoms with van der Waals surface area (Å²) in [4.78, 5) is 48.1. The van der Waals surface area contributed by atoms with Crippen molar-refractivity contribution in [1.29, 1.82) is 0 Å². The standard InChI is InChI=1S/C18H34N4O5S/c1-6-11(4)15(22-17(26)14(19)10(2)3)18(27)21-12(7-8-28-5)16(25)20-9-13(23)24/h10-12,14-15H,6-9,19H2,1-5H3,(H,20,25)(H,21,27)(H,22,26)(H,23,24).